The smallest absolute Gasteiger partial charge is 0.181 e. The van der Waals surface area contributed by atoms with Crippen molar-refractivity contribution >= 4 is 9.84 Å². The third-order valence-electron chi connectivity index (χ3n) is 6.35. The molecule has 0 aromatic heterocycles. The Labute approximate surface area is 146 Å². The van der Waals surface area contributed by atoms with Crippen LogP contribution in [0.25, 0.3) is 0 Å². The van der Waals surface area contributed by atoms with Crippen molar-refractivity contribution in [2.24, 2.45) is 23.7 Å². The maximum Gasteiger partial charge on any atom is 0.181 e. The average molecular weight is 351 g/mol. The van der Waals surface area contributed by atoms with Gasteiger partial charge in [0.05, 0.1) is 16.2 Å². The third kappa shape index (κ3) is 3.55. The second kappa shape index (κ2) is 7.17. The largest absolute Gasteiger partial charge is 0.393 e. The molecule has 1 N–H and O–H groups in total. The molecule has 0 aliphatic heterocycles. The summed E-state index contributed by atoms with van der Waals surface area (Å²) in [5.41, 5.74) is 0. The van der Waals surface area contributed by atoms with Crippen LogP contribution < -0.4 is 0 Å². The first kappa shape index (κ1) is 17.9. The van der Waals surface area contributed by atoms with Crippen molar-refractivity contribution in [2.75, 3.05) is 0 Å². The molecule has 24 heavy (non-hydrogen) atoms. The van der Waals surface area contributed by atoms with E-state index in [1.54, 1.807) is 24.3 Å². The number of rotatable bonds is 2. The second-order valence-electron chi connectivity index (χ2n) is 8.09. The van der Waals surface area contributed by atoms with Crippen LogP contribution in [0.4, 0.5) is 0 Å². The zero-order valence-corrected chi connectivity index (χ0v) is 15.6. The Morgan fingerprint density at radius 2 is 1.62 bits per heavy atom. The highest BCUT2D eigenvalue weighted by Crippen LogP contribution is 2.47. The molecule has 0 saturated heterocycles. The fraction of sp³-hybridized carbons (Fsp3) is 0.700. The zero-order chi connectivity index (χ0) is 17.3. The minimum Gasteiger partial charge on any atom is -0.393 e. The first-order chi connectivity index (χ1) is 11.4. The lowest BCUT2D eigenvalue weighted by atomic mass is 9.81. The molecule has 0 bridgehead atoms. The molecule has 4 heteroatoms. The normalized spacial score (nSPS) is 38.0. The van der Waals surface area contributed by atoms with Gasteiger partial charge in [-0.25, -0.2) is 8.42 Å². The summed E-state index contributed by atoms with van der Waals surface area (Å²) in [4.78, 5) is 0.436. The molecular formula is C20H30O3S. The minimum absolute atomic E-state index is 0.0884. The topological polar surface area (TPSA) is 54.4 Å². The summed E-state index contributed by atoms with van der Waals surface area (Å²) < 4.78 is 26.3. The molecule has 0 radical (unpaired) electrons. The summed E-state index contributed by atoms with van der Waals surface area (Å²) >= 11 is 0. The molecule has 2 aliphatic carbocycles. The van der Waals surface area contributed by atoms with Crippen molar-refractivity contribution in [1.29, 1.82) is 0 Å². The van der Waals surface area contributed by atoms with E-state index in [0.29, 0.717) is 29.1 Å². The van der Waals surface area contributed by atoms with Crippen LogP contribution in [0, 0.1) is 23.7 Å². The van der Waals surface area contributed by atoms with Gasteiger partial charge in [-0.3, -0.25) is 0 Å². The van der Waals surface area contributed by atoms with E-state index in [1.807, 2.05) is 6.07 Å². The van der Waals surface area contributed by atoms with Gasteiger partial charge in [0.2, 0.25) is 0 Å². The Balaban J connectivity index is 1.90. The second-order valence-corrected chi connectivity index (χ2v) is 10.3. The van der Waals surface area contributed by atoms with Gasteiger partial charge in [-0.15, -0.1) is 0 Å². The fourth-order valence-corrected chi connectivity index (χ4v) is 7.12. The summed E-state index contributed by atoms with van der Waals surface area (Å²) in [6, 6.07) is 8.85. The maximum absolute atomic E-state index is 13.2. The molecule has 2 fully saturated rings. The highest BCUT2D eigenvalue weighted by Gasteiger charge is 2.46. The van der Waals surface area contributed by atoms with Crippen LogP contribution in [0.5, 0.6) is 0 Å². The van der Waals surface area contributed by atoms with Gasteiger partial charge in [0.15, 0.2) is 9.84 Å². The van der Waals surface area contributed by atoms with E-state index < -0.39 is 9.84 Å². The van der Waals surface area contributed by atoms with Crippen LogP contribution in [0.2, 0.25) is 0 Å². The molecule has 3 nitrogen and oxygen atoms in total. The van der Waals surface area contributed by atoms with Crippen molar-refractivity contribution in [3.05, 3.63) is 30.3 Å². The Hall–Kier alpha value is -0.870. The van der Waals surface area contributed by atoms with Gasteiger partial charge in [0, 0.05) is 0 Å². The standard InChI is InChI=1S/C20H30O3S/c1-14-8-9-15(2)18-10-11-20(19(18)13-16(21)12-14)24(22,23)17-6-4-3-5-7-17/h3-7,14-16,18-21H,8-13H2,1-2H3/t14?,15-,16+,18-,19-,20?/m0/s1. The number of hydrogen-bond acceptors (Lipinski definition) is 3. The average Bonchev–Trinajstić information content (AvgIpc) is 2.98. The summed E-state index contributed by atoms with van der Waals surface area (Å²) in [5, 5.41) is 10.2. The minimum atomic E-state index is -3.32. The number of aliphatic hydroxyl groups is 1. The van der Waals surface area contributed by atoms with E-state index in [9.17, 15) is 13.5 Å². The van der Waals surface area contributed by atoms with Gasteiger partial charge in [-0.05, 0) is 61.5 Å². The molecule has 3 rings (SSSR count). The van der Waals surface area contributed by atoms with Gasteiger partial charge in [0.25, 0.3) is 0 Å². The third-order valence-corrected chi connectivity index (χ3v) is 8.66. The summed E-state index contributed by atoms with van der Waals surface area (Å²) in [7, 11) is -3.32. The molecule has 0 spiro atoms. The zero-order valence-electron chi connectivity index (χ0n) is 14.8. The summed E-state index contributed by atoms with van der Waals surface area (Å²) in [6.07, 6.45) is 5.06. The van der Waals surface area contributed by atoms with Crippen molar-refractivity contribution < 1.29 is 13.5 Å². The Bertz CT molecular complexity index is 640. The van der Waals surface area contributed by atoms with E-state index in [0.717, 1.165) is 32.1 Å². The van der Waals surface area contributed by atoms with Crippen molar-refractivity contribution in [3.8, 4) is 0 Å². The number of sulfone groups is 1. The van der Waals surface area contributed by atoms with E-state index in [2.05, 4.69) is 13.8 Å². The maximum atomic E-state index is 13.2. The van der Waals surface area contributed by atoms with Crippen molar-refractivity contribution in [3.63, 3.8) is 0 Å². The molecule has 134 valence electrons. The van der Waals surface area contributed by atoms with Crippen LogP contribution in [-0.2, 0) is 9.84 Å². The molecule has 0 amide bonds. The lowest BCUT2D eigenvalue weighted by Gasteiger charge is -2.29. The first-order valence-corrected chi connectivity index (χ1v) is 10.9. The molecule has 6 atom stereocenters. The van der Waals surface area contributed by atoms with Crippen molar-refractivity contribution in [1.82, 2.24) is 0 Å². The SMILES string of the molecule is CC1CC[C@H](C)[C@@H]2CCC(S(=O)(=O)c3ccccc3)[C@H]2C[C@H](O)C1. The van der Waals surface area contributed by atoms with Gasteiger partial charge in [-0.1, -0.05) is 44.9 Å². The van der Waals surface area contributed by atoms with Crippen LogP contribution in [-0.4, -0.2) is 24.9 Å². The van der Waals surface area contributed by atoms with Crippen LogP contribution in [0.15, 0.2) is 35.2 Å². The van der Waals surface area contributed by atoms with Gasteiger partial charge >= 0.3 is 0 Å². The molecule has 1 aromatic rings. The number of aliphatic hydroxyl groups excluding tert-OH is 1. The lowest BCUT2D eigenvalue weighted by molar-refractivity contribution is 0.109. The molecule has 0 heterocycles. The number of fused-ring (bicyclic) bond motifs is 1. The fourth-order valence-electron chi connectivity index (χ4n) is 5.02. The van der Waals surface area contributed by atoms with Crippen molar-refractivity contribution in [2.45, 2.75) is 68.6 Å². The molecule has 1 aromatic carbocycles. The Morgan fingerprint density at radius 1 is 0.917 bits per heavy atom. The lowest BCUT2D eigenvalue weighted by Crippen LogP contribution is -2.32. The van der Waals surface area contributed by atoms with E-state index in [4.69, 9.17) is 0 Å². The Kier molecular flexibility index (Phi) is 5.36. The summed E-state index contributed by atoms with van der Waals surface area (Å²) in [6.45, 7) is 4.48. The van der Waals surface area contributed by atoms with Crippen LogP contribution >= 0.6 is 0 Å². The predicted octanol–water partition coefficient (Wildman–Crippen LogP) is 4.06. The molecular weight excluding hydrogens is 320 g/mol. The molecule has 2 aliphatic rings. The number of hydrogen-bond donors (Lipinski definition) is 1. The van der Waals surface area contributed by atoms with E-state index in [1.165, 1.54) is 0 Å². The molecule has 2 saturated carbocycles. The van der Waals surface area contributed by atoms with Crippen LogP contribution in [0.1, 0.15) is 52.4 Å². The monoisotopic (exact) mass is 350 g/mol. The van der Waals surface area contributed by atoms with E-state index >= 15 is 0 Å². The van der Waals surface area contributed by atoms with Gasteiger partial charge in [0.1, 0.15) is 0 Å². The highest BCUT2D eigenvalue weighted by molar-refractivity contribution is 7.92. The number of benzene rings is 1. The quantitative estimate of drug-likeness (QED) is 0.875. The molecule has 2 unspecified atom stereocenters. The van der Waals surface area contributed by atoms with Gasteiger partial charge in [-0.2, -0.15) is 0 Å². The Morgan fingerprint density at radius 3 is 2.33 bits per heavy atom. The van der Waals surface area contributed by atoms with E-state index in [-0.39, 0.29) is 17.3 Å². The first-order valence-electron chi connectivity index (χ1n) is 9.36. The highest BCUT2D eigenvalue weighted by atomic mass is 32.2. The van der Waals surface area contributed by atoms with Crippen LogP contribution in [0.3, 0.4) is 0 Å². The summed E-state index contributed by atoms with van der Waals surface area (Å²) in [5.74, 6) is 1.57. The van der Waals surface area contributed by atoms with Gasteiger partial charge < -0.3 is 5.11 Å². The predicted molar refractivity (Wildman–Crippen MR) is 96.4 cm³/mol.